The lowest BCUT2D eigenvalue weighted by Gasteiger charge is -2.04. The number of nitrogens with zero attached hydrogens (tertiary/aromatic N) is 5. The van der Waals surface area contributed by atoms with E-state index >= 15 is 0 Å². The molecule has 0 aliphatic rings. The zero-order valence-corrected chi connectivity index (χ0v) is 15.5. The normalized spacial score (nSPS) is 11.8. The van der Waals surface area contributed by atoms with Crippen molar-refractivity contribution in [3.63, 3.8) is 0 Å². The van der Waals surface area contributed by atoms with E-state index in [0.29, 0.717) is 22.3 Å². The molecule has 3 aromatic rings. The summed E-state index contributed by atoms with van der Waals surface area (Å²) in [6.07, 6.45) is 0. The van der Waals surface area contributed by atoms with Gasteiger partial charge in [0.25, 0.3) is 0 Å². The molecular formula is C13H11BrFN7O3S. The molecule has 2 aromatic heterocycles. The minimum atomic E-state index is -0.439. The van der Waals surface area contributed by atoms with E-state index in [1.807, 2.05) is 5.48 Å². The number of H-pyrrole nitrogens is 1. The molecule has 2 heterocycles. The van der Waals surface area contributed by atoms with Gasteiger partial charge in [-0.1, -0.05) is 11.8 Å². The van der Waals surface area contributed by atoms with Crippen LogP contribution in [0.1, 0.15) is 11.5 Å². The van der Waals surface area contributed by atoms with Crippen LogP contribution in [0.25, 0.3) is 0 Å². The fourth-order valence-corrected chi connectivity index (χ4v) is 3.12. The number of halogens is 2. The van der Waals surface area contributed by atoms with Crippen molar-refractivity contribution < 1.29 is 14.2 Å². The van der Waals surface area contributed by atoms with Gasteiger partial charge in [0.1, 0.15) is 11.6 Å². The summed E-state index contributed by atoms with van der Waals surface area (Å²) in [4.78, 5) is 15.5. The van der Waals surface area contributed by atoms with Crippen LogP contribution >= 0.6 is 27.7 Å². The van der Waals surface area contributed by atoms with Crippen molar-refractivity contribution in [3.8, 4) is 0 Å². The minimum absolute atomic E-state index is 0.0387. The molecule has 0 spiro atoms. The molecule has 10 nitrogen and oxygen atoms in total. The number of amidine groups is 1. The topological polar surface area (TPSA) is 134 Å². The van der Waals surface area contributed by atoms with Crippen LogP contribution < -0.4 is 11.2 Å². The molecule has 26 heavy (non-hydrogen) atoms. The number of benzene rings is 1. The predicted molar refractivity (Wildman–Crippen MR) is 92.9 cm³/mol. The van der Waals surface area contributed by atoms with Gasteiger partial charge in [-0.3, -0.25) is 15.3 Å². The third kappa shape index (κ3) is 3.84. The molecule has 0 amide bonds. The second kappa shape index (κ2) is 7.80. The van der Waals surface area contributed by atoms with E-state index in [2.05, 4.69) is 41.4 Å². The Bertz CT molecular complexity index is 1020. The fraction of sp³-hybridized carbons (Fsp3) is 0.154. The van der Waals surface area contributed by atoms with Crippen LogP contribution in [-0.2, 0) is 12.8 Å². The summed E-state index contributed by atoms with van der Waals surface area (Å²) in [5.41, 5.74) is 2.11. The molecule has 0 atom stereocenters. The minimum Gasteiger partial charge on any atom is -0.290 e. The van der Waals surface area contributed by atoms with Gasteiger partial charge in [0.05, 0.1) is 15.9 Å². The summed E-state index contributed by atoms with van der Waals surface area (Å²) in [7, 11) is 1.58. The molecule has 3 N–H and O–H groups in total. The molecule has 0 unspecified atom stereocenters. The highest BCUT2D eigenvalue weighted by atomic mass is 79.9. The Morgan fingerprint density at radius 3 is 3.00 bits per heavy atom. The molecule has 0 saturated carbocycles. The monoisotopic (exact) mass is 443 g/mol. The lowest BCUT2D eigenvalue weighted by atomic mass is 10.3. The van der Waals surface area contributed by atoms with E-state index < -0.39 is 5.82 Å². The first-order valence-electron chi connectivity index (χ1n) is 6.99. The number of aliphatic imine (C=N–C) groups is 1. The van der Waals surface area contributed by atoms with Gasteiger partial charge in [-0.05, 0) is 44.4 Å². The lowest BCUT2D eigenvalue weighted by Crippen LogP contribution is -2.21. The highest BCUT2D eigenvalue weighted by Crippen LogP contribution is 2.25. The van der Waals surface area contributed by atoms with Gasteiger partial charge in [-0.2, -0.15) is 5.10 Å². The average molecular weight is 444 g/mol. The molecule has 13 heteroatoms. The number of hydroxylamine groups is 1. The molecule has 0 aliphatic heterocycles. The fourth-order valence-electron chi connectivity index (χ4n) is 1.88. The molecule has 0 fully saturated rings. The van der Waals surface area contributed by atoms with Crippen molar-refractivity contribution in [1.82, 2.24) is 30.6 Å². The zero-order valence-electron chi connectivity index (χ0n) is 13.1. The number of aromatic nitrogens is 5. The number of nitrogens with one attached hydrogen (secondary N) is 2. The van der Waals surface area contributed by atoms with Crippen LogP contribution in [0.3, 0.4) is 0 Å². The number of hydrogen-bond acceptors (Lipinski definition) is 8. The van der Waals surface area contributed by atoms with E-state index in [-0.39, 0.29) is 21.7 Å². The highest BCUT2D eigenvalue weighted by Gasteiger charge is 2.18. The van der Waals surface area contributed by atoms with Crippen molar-refractivity contribution in [2.45, 2.75) is 10.8 Å². The summed E-state index contributed by atoms with van der Waals surface area (Å²) in [5.74, 6) is 0.318. The average Bonchev–Trinajstić information content (AvgIpc) is 3.22. The quantitative estimate of drug-likeness (QED) is 0.235. The lowest BCUT2D eigenvalue weighted by molar-refractivity contribution is 0.234. The molecule has 3 rings (SSSR count). The number of thioether (sulfide) groups is 1. The van der Waals surface area contributed by atoms with Gasteiger partial charge in [-0.15, -0.1) is 0 Å². The first-order valence-corrected chi connectivity index (χ1v) is 8.77. The predicted octanol–water partition coefficient (Wildman–Crippen LogP) is 1.74. The zero-order chi connectivity index (χ0) is 18.7. The van der Waals surface area contributed by atoms with Crippen LogP contribution in [0.4, 0.5) is 10.1 Å². The number of hydrogen-bond donors (Lipinski definition) is 3. The molecular weight excluding hydrogens is 433 g/mol. The van der Waals surface area contributed by atoms with Gasteiger partial charge < -0.3 is 0 Å². The maximum absolute atomic E-state index is 13.3. The number of rotatable bonds is 5. The van der Waals surface area contributed by atoms with Crippen LogP contribution in [-0.4, -0.2) is 36.1 Å². The van der Waals surface area contributed by atoms with Crippen molar-refractivity contribution in [2.75, 3.05) is 0 Å². The molecule has 0 saturated heterocycles. The second-order valence-electron chi connectivity index (χ2n) is 4.88. The van der Waals surface area contributed by atoms with Crippen LogP contribution in [0.2, 0.25) is 0 Å². The SMILES string of the molecule is Cn1c(CSc2nonc2C(=Nc2ccc(F)c(Br)c2)NO)n[nH]c1=O. The Labute approximate surface area is 157 Å². The Hall–Kier alpha value is -2.51. The van der Waals surface area contributed by atoms with Crippen molar-refractivity contribution >= 4 is 39.2 Å². The molecule has 1 aromatic carbocycles. The summed E-state index contributed by atoms with van der Waals surface area (Å²) in [5, 5.41) is 23.4. The Morgan fingerprint density at radius 2 is 2.35 bits per heavy atom. The smallest absolute Gasteiger partial charge is 0.290 e. The van der Waals surface area contributed by atoms with Gasteiger partial charge in [0.15, 0.2) is 16.6 Å². The van der Waals surface area contributed by atoms with Crippen molar-refractivity contribution in [3.05, 3.63) is 50.5 Å². The highest BCUT2D eigenvalue weighted by molar-refractivity contribution is 9.10. The molecule has 136 valence electrons. The van der Waals surface area contributed by atoms with E-state index in [0.717, 1.165) is 0 Å². The van der Waals surface area contributed by atoms with E-state index in [1.54, 1.807) is 7.05 Å². The number of aromatic amines is 1. The first kappa shape index (κ1) is 18.3. The van der Waals surface area contributed by atoms with Crippen LogP contribution in [0.5, 0.6) is 0 Å². The van der Waals surface area contributed by atoms with Crippen LogP contribution in [0, 0.1) is 5.82 Å². The molecule has 0 radical (unpaired) electrons. The Kier molecular flexibility index (Phi) is 5.49. The van der Waals surface area contributed by atoms with Crippen LogP contribution in [0.15, 0.2) is 42.1 Å². The van der Waals surface area contributed by atoms with Gasteiger partial charge in [-0.25, -0.2) is 23.9 Å². The maximum Gasteiger partial charge on any atom is 0.343 e. The third-order valence-electron chi connectivity index (χ3n) is 3.24. The largest absolute Gasteiger partial charge is 0.343 e. The Balaban J connectivity index is 1.85. The van der Waals surface area contributed by atoms with Gasteiger partial charge in [0, 0.05) is 7.05 Å². The van der Waals surface area contributed by atoms with E-state index in [1.165, 1.54) is 34.5 Å². The summed E-state index contributed by atoms with van der Waals surface area (Å²) >= 11 is 4.25. The Morgan fingerprint density at radius 1 is 1.54 bits per heavy atom. The van der Waals surface area contributed by atoms with Crippen molar-refractivity contribution in [2.24, 2.45) is 12.0 Å². The molecule has 0 bridgehead atoms. The van der Waals surface area contributed by atoms with E-state index in [4.69, 9.17) is 4.63 Å². The van der Waals surface area contributed by atoms with Gasteiger partial charge in [0.2, 0.25) is 0 Å². The second-order valence-corrected chi connectivity index (χ2v) is 6.70. The molecule has 0 aliphatic carbocycles. The van der Waals surface area contributed by atoms with Crippen molar-refractivity contribution in [1.29, 1.82) is 0 Å². The first-order chi connectivity index (χ1) is 12.5. The maximum atomic E-state index is 13.3. The van der Waals surface area contributed by atoms with Gasteiger partial charge >= 0.3 is 5.69 Å². The summed E-state index contributed by atoms with van der Waals surface area (Å²) < 4.78 is 19.6. The van der Waals surface area contributed by atoms with E-state index in [9.17, 15) is 14.4 Å². The third-order valence-corrected chi connectivity index (χ3v) is 4.79. The standard InChI is InChI=1S/C13H11BrFN7O3S/c1-22-9(17-18-13(22)23)5-26-12-10(20-25-21-12)11(19-24)16-6-2-3-8(15)7(14)4-6/h2-4,24H,5H2,1H3,(H,16,19)(H,18,23). The summed E-state index contributed by atoms with van der Waals surface area (Å²) in [6, 6.07) is 4.09. The summed E-state index contributed by atoms with van der Waals surface area (Å²) in [6.45, 7) is 0.